The Morgan fingerprint density at radius 1 is 1.58 bits per heavy atom. The number of nitrogens with one attached hydrogen (secondary N) is 2. The lowest BCUT2D eigenvalue weighted by molar-refractivity contribution is 0.0937. The summed E-state index contributed by atoms with van der Waals surface area (Å²) in [5.41, 5.74) is 0.836. The second kappa shape index (κ2) is 7.59. The molecular formula is C14H21N3O2. The average Bonchev–Trinajstić information content (AvgIpc) is 2.84. The number of aliphatic hydroxyl groups is 1. The number of hydrogen-bond acceptors (Lipinski definition) is 3. The van der Waals surface area contributed by atoms with Gasteiger partial charge in [0, 0.05) is 19.3 Å². The Morgan fingerprint density at radius 3 is 2.84 bits per heavy atom. The van der Waals surface area contributed by atoms with E-state index in [1.54, 1.807) is 0 Å². The number of amides is 1. The largest absolute Gasteiger partial charge is 0.396 e. The van der Waals surface area contributed by atoms with Crippen molar-refractivity contribution in [2.24, 2.45) is 11.8 Å². The zero-order valence-corrected chi connectivity index (χ0v) is 11.4. The first-order chi connectivity index (χ1) is 9.06. The molecule has 0 spiro atoms. The van der Waals surface area contributed by atoms with E-state index in [0.717, 1.165) is 6.42 Å². The Labute approximate surface area is 113 Å². The summed E-state index contributed by atoms with van der Waals surface area (Å²) in [4.78, 5) is 14.6. The molecule has 5 nitrogen and oxygen atoms in total. The monoisotopic (exact) mass is 263 g/mol. The van der Waals surface area contributed by atoms with Gasteiger partial charge in [0.1, 0.15) is 11.8 Å². The van der Waals surface area contributed by atoms with Crippen molar-refractivity contribution in [2.75, 3.05) is 13.2 Å². The number of hydrogen-bond donors (Lipinski definition) is 3. The lowest BCUT2D eigenvalue weighted by Gasteiger charge is -2.18. The van der Waals surface area contributed by atoms with Crippen LogP contribution in [0.3, 0.4) is 0 Å². The smallest absolute Gasteiger partial charge is 0.267 e. The summed E-state index contributed by atoms with van der Waals surface area (Å²) in [5.74, 6) is 0.594. The fourth-order valence-corrected chi connectivity index (χ4v) is 2.07. The van der Waals surface area contributed by atoms with Crippen molar-refractivity contribution < 1.29 is 9.90 Å². The van der Waals surface area contributed by atoms with Crippen molar-refractivity contribution >= 4 is 5.91 Å². The standard InChI is InChI=1S/C14H21N3O2/c1-10(2)5-11(3-4-18)8-17-14(19)13-6-12(7-15)9-16-13/h6,9-11,16,18H,3-5,8H2,1-2H3,(H,17,19). The van der Waals surface area contributed by atoms with Crippen molar-refractivity contribution in [1.82, 2.24) is 10.3 Å². The van der Waals surface area contributed by atoms with Crippen LogP contribution in [0.15, 0.2) is 12.3 Å². The molecule has 19 heavy (non-hydrogen) atoms. The normalized spacial score (nSPS) is 12.2. The molecule has 1 rings (SSSR count). The molecule has 0 aliphatic carbocycles. The van der Waals surface area contributed by atoms with Gasteiger partial charge in [0.25, 0.3) is 5.91 Å². The molecule has 5 heteroatoms. The molecule has 0 saturated heterocycles. The van der Waals surface area contributed by atoms with Gasteiger partial charge in [0.2, 0.25) is 0 Å². The van der Waals surface area contributed by atoms with Crippen molar-refractivity contribution in [1.29, 1.82) is 5.26 Å². The Kier molecular flexibility index (Phi) is 6.10. The van der Waals surface area contributed by atoms with Crippen LogP contribution in [0.4, 0.5) is 0 Å². The highest BCUT2D eigenvalue weighted by atomic mass is 16.3. The second-order valence-corrected chi connectivity index (χ2v) is 5.13. The minimum absolute atomic E-state index is 0.133. The van der Waals surface area contributed by atoms with Gasteiger partial charge in [-0.2, -0.15) is 5.26 Å². The SMILES string of the molecule is CC(C)CC(CCO)CNC(=O)c1cc(C#N)c[nH]1. The molecule has 104 valence electrons. The van der Waals surface area contributed by atoms with Crippen LogP contribution in [0.2, 0.25) is 0 Å². The van der Waals surface area contributed by atoms with Gasteiger partial charge < -0.3 is 15.4 Å². The molecule has 0 aliphatic heterocycles. The Bertz CT molecular complexity index is 446. The molecule has 1 amide bonds. The van der Waals surface area contributed by atoms with Gasteiger partial charge in [-0.15, -0.1) is 0 Å². The molecule has 0 aliphatic rings. The number of nitriles is 1. The fraction of sp³-hybridized carbons (Fsp3) is 0.571. The average molecular weight is 263 g/mol. The van der Waals surface area contributed by atoms with Crippen LogP contribution in [0.5, 0.6) is 0 Å². The number of nitrogens with zero attached hydrogens (tertiary/aromatic N) is 1. The van der Waals surface area contributed by atoms with E-state index in [9.17, 15) is 4.79 Å². The minimum Gasteiger partial charge on any atom is -0.396 e. The van der Waals surface area contributed by atoms with E-state index < -0.39 is 0 Å². The van der Waals surface area contributed by atoms with E-state index >= 15 is 0 Å². The number of carbonyl (C=O) groups is 1. The Hall–Kier alpha value is -1.80. The number of aromatic nitrogens is 1. The van der Waals surface area contributed by atoms with Crippen LogP contribution in [0.25, 0.3) is 0 Å². The van der Waals surface area contributed by atoms with Crippen LogP contribution < -0.4 is 5.32 Å². The van der Waals surface area contributed by atoms with E-state index in [2.05, 4.69) is 24.1 Å². The molecule has 0 fully saturated rings. The van der Waals surface area contributed by atoms with Crippen molar-refractivity contribution in [3.8, 4) is 6.07 Å². The van der Waals surface area contributed by atoms with Gasteiger partial charge in [-0.1, -0.05) is 13.8 Å². The highest BCUT2D eigenvalue weighted by Gasteiger charge is 2.14. The molecule has 1 unspecified atom stereocenters. The third-order valence-corrected chi connectivity index (χ3v) is 2.95. The second-order valence-electron chi connectivity index (χ2n) is 5.13. The number of aromatic amines is 1. The van der Waals surface area contributed by atoms with Gasteiger partial charge in [-0.25, -0.2) is 0 Å². The fourth-order valence-electron chi connectivity index (χ4n) is 2.07. The van der Waals surface area contributed by atoms with Crippen molar-refractivity contribution in [3.63, 3.8) is 0 Å². The highest BCUT2D eigenvalue weighted by molar-refractivity contribution is 5.92. The molecule has 0 radical (unpaired) electrons. The lowest BCUT2D eigenvalue weighted by Crippen LogP contribution is -2.30. The first-order valence-corrected chi connectivity index (χ1v) is 6.54. The van der Waals surface area contributed by atoms with Gasteiger partial charge in [0.05, 0.1) is 5.56 Å². The molecule has 0 bridgehead atoms. The number of carbonyl (C=O) groups excluding carboxylic acids is 1. The van der Waals surface area contributed by atoms with Crippen LogP contribution in [0, 0.1) is 23.2 Å². The number of aliphatic hydroxyl groups excluding tert-OH is 1. The minimum atomic E-state index is -0.215. The van der Waals surface area contributed by atoms with Gasteiger partial charge in [0.15, 0.2) is 0 Å². The Morgan fingerprint density at radius 2 is 2.32 bits per heavy atom. The van der Waals surface area contributed by atoms with Gasteiger partial charge >= 0.3 is 0 Å². The zero-order chi connectivity index (χ0) is 14.3. The summed E-state index contributed by atoms with van der Waals surface area (Å²) in [6, 6.07) is 3.50. The first kappa shape index (κ1) is 15.3. The molecular weight excluding hydrogens is 242 g/mol. The molecule has 0 aromatic carbocycles. The van der Waals surface area contributed by atoms with E-state index in [1.165, 1.54) is 12.3 Å². The topological polar surface area (TPSA) is 88.9 Å². The van der Waals surface area contributed by atoms with Gasteiger partial charge in [-0.3, -0.25) is 4.79 Å². The highest BCUT2D eigenvalue weighted by Crippen LogP contribution is 2.14. The van der Waals surface area contributed by atoms with Crippen molar-refractivity contribution in [2.45, 2.75) is 26.7 Å². The van der Waals surface area contributed by atoms with Crippen LogP contribution in [-0.4, -0.2) is 29.1 Å². The van der Waals surface area contributed by atoms with Gasteiger partial charge in [-0.05, 0) is 30.7 Å². The predicted molar refractivity (Wildman–Crippen MR) is 72.5 cm³/mol. The number of rotatable bonds is 7. The molecule has 1 aromatic heterocycles. The quantitative estimate of drug-likeness (QED) is 0.699. The first-order valence-electron chi connectivity index (χ1n) is 6.54. The summed E-state index contributed by atoms with van der Waals surface area (Å²) in [6.45, 7) is 4.92. The summed E-state index contributed by atoms with van der Waals surface area (Å²) in [6.07, 6.45) is 3.16. The van der Waals surface area contributed by atoms with E-state index in [4.69, 9.17) is 10.4 Å². The van der Waals surface area contributed by atoms with E-state index in [0.29, 0.717) is 30.1 Å². The number of H-pyrrole nitrogens is 1. The van der Waals surface area contributed by atoms with E-state index in [1.807, 2.05) is 6.07 Å². The summed E-state index contributed by atoms with van der Waals surface area (Å²) < 4.78 is 0. The summed E-state index contributed by atoms with van der Waals surface area (Å²) in [5, 5.41) is 20.5. The summed E-state index contributed by atoms with van der Waals surface area (Å²) in [7, 11) is 0. The maximum atomic E-state index is 11.9. The van der Waals surface area contributed by atoms with Crippen LogP contribution in [0.1, 0.15) is 42.7 Å². The Balaban J connectivity index is 2.49. The third-order valence-electron chi connectivity index (χ3n) is 2.95. The zero-order valence-electron chi connectivity index (χ0n) is 11.4. The van der Waals surface area contributed by atoms with Crippen LogP contribution >= 0.6 is 0 Å². The lowest BCUT2D eigenvalue weighted by atomic mass is 9.94. The van der Waals surface area contributed by atoms with Crippen molar-refractivity contribution in [3.05, 3.63) is 23.5 Å². The van der Waals surface area contributed by atoms with Crippen LogP contribution in [-0.2, 0) is 0 Å². The van der Waals surface area contributed by atoms with E-state index in [-0.39, 0.29) is 18.4 Å². The molecule has 1 aromatic rings. The molecule has 1 heterocycles. The molecule has 3 N–H and O–H groups in total. The maximum Gasteiger partial charge on any atom is 0.267 e. The molecule has 0 saturated carbocycles. The predicted octanol–water partition coefficient (Wildman–Crippen LogP) is 1.66. The maximum absolute atomic E-state index is 11.9. The molecule has 1 atom stereocenters. The summed E-state index contributed by atoms with van der Waals surface area (Å²) >= 11 is 0. The third kappa shape index (κ3) is 5.14.